The zero-order chi connectivity index (χ0) is 18.5. The lowest BCUT2D eigenvalue weighted by Crippen LogP contribution is -2.01. The van der Waals surface area contributed by atoms with Crippen LogP contribution in [0.4, 0.5) is 11.5 Å². The molecule has 28 heavy (non-hydrogen) atoms. The Balaban J connectivity index is 1.45. The summed E-state index contributed by atoms with van der Waals surface area (Å²) < 4.78 is 3.96. The molecule has 1 aromatic carbocycles. The summed E-state index contributed by atoms with van der Waals surface area (Å²) in [4.78, 5) is 18.0. The highest BCUT2D eigenvalue weighted by molar-refractivity contribution is 5.86. The van der Waals surface area contributed by atoms with E-state index in [1.54, 1.807) is 12.4 Å². The lowest BCUT2D eigenvalue weighted by molar-refractivity contribution is 1.10. The Morgan fingerprint density at radius 3 is 2.86 bits per heavy atom. The summed E-state index contributed by atoms with van der Waals surface area (Å²) >= 11 is 0. The summed E-state index contributed by atoms with van der Waals surface area (Å²) in [7, 11) is 0. The van der Waals surface area contributed by atoms with E-state index in [9.17, 15) is 0 Å². The first-order valence-electron chi connectivity index (χ1n) is 9.00. The van der Waals surface area contributed by atoms with Gasteiger partial charge in [-0.15, -0.1) is 0 Å². The molecule has 0 bridgehead atoms. The van der Waals surface area contributed by atoms with E-state index in [1.165, 1.54) is 11.1 Å². The van der Waals surface area contributed by atoms with E-state index >= 15 is 0 Å². The number of aromatic nitrogens is 5. The first-order chi connectivity index (χ1) is 13.8. The largest absolute Gasteiger partial charge is 0.336 e. The van der Waals surface area contributed by atoms with E-state index < -0.39 is 0 Å². The van der Waals surface area contributed by atoms with Crippen molar-refractivity contribution in [2.45, 2.75) is 6.54 Å². The number of benzene rings is 1. The number of pyridine rings is 1. The molecule has 0 spiro atoms. The number of anilines is 2. The van der Waals surface area contributed by atoms with Crippen LogP contribution in [0.2, 0.25) is 0 Å². The van der Waals surface area contributed by atoms with Gasteiger partial charge in [0.2, 0.25) is 0 Å². The van der Waals surface area contributed by atoms with Crippen LogP contribution in [-0.4, -0.2) is 30.0 Å². The average molecular weight is 365 g/mol. The van der Waals surface area contributed by atoms with Gasteiger partial charge in [0, 0.05) is 49.0 Å². The fourth-order valence-electron chi connectivity index (χ4n) is 3.56. The molecular weight excluding hydrogens is 350 g/mol. The quantitative estimate of drug-likeness (QED) is 0.529. The first kappa shape index (κ1) is 15.1. The third-order valence-electron chi connectivity index (χ3n) is 4.96. The van der Waals surface area contributed by atoms with E-state index in [2.05, 4.69) is 38.5 Å². The Labute approximate surface area is 160 Å². The highest BCUT2D eigenvalue weighted by atomic mass is 15.1. The zero-order valence-electron chi connectivity index (χ0n) is 14.8. The van der Waals surface area contributed by atoms with Crippen molar-refractivity contribution < 1.29 is 0 Å². The van der Waals surface area contributed by atoms with Gasteiger partial charge in [0.05, 0.1) is 17.9 Å². The number of nitrogens with zero attached hydrogens (tertiary/aromatic N) is 6. The van der Waals surface area contributed by atoms with Crippen LogP contribution in [0.5, 0.6) is 0 Å². The summed E-state index contributed by atoms with van der Waals surface area (Å²) in [6, 6.07) is 10.3. The summed E-state index contributed by atoms with van der Waals surface area (Å²) in [6.45, 7) is 0.729. The maximum Gasteiger partial charge on any atom is 0.180 e. The molecule has 7 heteroatoms. The second-order valence-electron chi connectivity index (χ2n) is 6.75. The molecule has 5 aromatic rings. The van der Waals surface area contributed by atoms with Gasteiger partial charge in [-0.3, -0.25) is 4.99 Å². The van der Waals surface area contributed by atoms with Crippen molar-refractivity contribution in [3.8, 4) is 11.3 Å². The van der Waals surface area contributed by atoms with E-state index in [1.807, 2.05) is 51.9 Å². The number of imidazole rings is 2. The number of aliphatic imine (C=N–C) groups is 1. The third kappa shape index (κ3) is 2.37. The Morgan fingerprint density at radius 1 is 0.929 bits per heavy atom. The molecule has 0 amide bonds. The van der Waals surface area contributed by atoms with Crippen LogP contribution in [0.15, 0.2) is 72.5 Å². The topological polar surface area (TPSA) is 71.9 Å². The summed E-state index contributed by atoms with van der Waals surface area (Å²) in [5.41, 5.74) is 6.95. The predicted molar refractivity (Wildman–Crippen MR) is 108 cm³/mol. The van der Waals surface area contributed by atoms with Crippen LogP contribution in [0.1, 0.15) is 11.1 Å². The van der Waals surface area contributed by atoms with Crippen molar-refractivity contribution in [3.63, 3.8) is 0 Å². The molecule has 0 fully saturated rings. The van der Waals surface area contributed by atoms with Gasteiger partial charge in [0.1, 0.15) is 5.65 Å². The van der Waals surface area contributed by atoms with E-state index in [0.29, 0.717) is 5.82 Å². The van der Waals surface area contributed by atoms with Crippen LogP contribution >= 0.6 is 0 Å². The number of rotatable bonds is 3. The molecule has 0 radical (unpaired) electrons. The third-order valence-corrected chi connectivity index (χ3v) is 4.96. The Kier molecular flexibility index (Phi) is 3.10. The number of nitrogens with one attached hydrogen (secondary N) is 1. The SMILES string of the molecule is C1=NCc2cc(-c3cn4ccnc4c(Nc4ccc5nccn5c4)n3)ccc21. The fourth-order valence-corrected chi connectivity index (χ4v) is 3.56. The van der Waals surface area contributed by atoms with Crippen LogP contribution in [0.25, 0.3) is 22.6 Å². The van der Waals surface area contributed by atoms with Crippen LogP contribution in [-0.2, 0) is 6.54 Å². The standard InChI is InChI=1S/C21H15N7/c1-2-15-10-22-11-16(15)9-14(1)18-13-28-8-6-24-21(28)20(26-18)25-17-3-4-19-23-5-7-27(19)12-17/h1-10,12-13H,11H2,(H,25,26). The molecule has 0 saturated carbocycles. The number of fused-ring (bicyclic) bond motifs is 3. The molecule has 7 nitrogen and oxygen atoms in total. The van der Waals surface area contributed by atoms with Crippen LogP contribution in [0.3, 0.4) is 0 Å². The molecule has 0 atom stereocenters. The van der Waals surface area contributed by atoms with E-state index in [0.717, 1.165) is 34.8 Å². The Morgan fingerprint density at radius 2 is 1.86 bits per heavy atom. The average Bonchev–Trinajstić information content (AvgIpc) is 3.46. The van der Waals surface area contributed by atoms with Gasteiger partial charge in [-0.05, 0) is 29.3 Å². The fraction of sp³-hybridized carbons (Fsp3) is 0.0476. The van der Waals surface area contributed by atoms with Gasteiger partial charge in [-0.25, -0.2) is 15.0 Å². The van der Waals surface area contributed by atoms with Gasteiger partial charge in [-0.2, -0.15) is 0 Å². The summed E-state index contributed by atoms with van der Waals surface area (Å²) in [5.74, 6) is 0.707. The van der Waals surface area contributed by atoms with Gasteiger partial charge in [0.15, 0.2) is 11.5 Å². The second-order valence-corrected chi connectivity index (χ2v) is 6.75. The minimum Gasteiger partial charge on any atom is -0.336 e. The normalized spacial score (nSPS) is 12.7. The van der Waals surface area contributed by atoms with Crippen molar-refractivity contribution in [2.24, 2.45) is 4.99 Å². The van der Waals surface area contributed by atoms with E-state index in [-0.39, 0.29) is 0 Å². The molecule has 134 valence electrons. The monoisotopic (exact) mass is 365 g/mol. The minimum atomic E-state index is 0.707. The van der Waals surface area contributed by atoms with Crippen molar-refractivity contribution in [2.75, 3.05) is 5.32 Å². The predicted octanol–water partition coefficient (Wildman–Crippen LogP) is 3.72. The lowest BCUT2D eigenvalue weighted by Gasteiger charge is -2.11. The molecule has 0 aliphatic carbocycles. The van der Waals surface area contributed by atoms with Gasteiger partial charge in [0.25, 0.3) is 0 Å². The molecule has 0 unspecified atom stereocenters. The van der Waals surface area contributed by atoms with Crippen molar-refractivity contribution in [3.05, 3.63) is 78.6 Å². The molecule has 5 heterocycles. The highest BCUT2D eigenvalue weighted by Crippen LogP contribution is 2.27. The highest BCUT2D eigenvalue weighted by Gasteiger charge is 2.13. The maximum atomic E-state index is 4.87. The van der Waals surface area contributed by atoms with Crippen molar-refractivity contribution in [1.82, 2.24) is 23.8 Å². The molecule has 1 aliphatic heterocycles. The van der Waals surface area contributed by atoms with Gasteiger partial charge >= 0.3 is 0 Å². The molecule has 1 N–H and O–H groups in total. The summed E-state index contributed by atoms with van der Waals surface area (Å²) in [6.07, 6.45) is 13.3. The van der Waals surface area contributed by atoms with E-state index in [4.69, 9.17) is 4.98 Å². The molecule has 0 saturated heterocycles. The van der Waals surface area contributed by atoms with Crippen LogP contribution < -0.4 is 5.32 Å². The Bertz CT molecular complexity index is 1380. The molecule has 4 aromatic heterocycles. The zero-order valence-corrected chi connectivity index (χ0v) is 14.8. The van der Waals surface area contributed by atoms with Crippen molar-refractivity contribution in [1.29, 1.82) is 0 Å². The molecular formula is C21H15N7. The first-order valence-corrected chi connectivity index (χ1v) is 9.00. The summed E-state index contributed by atoms with van der Waals surface area (Å²) in [5, 5.41) is 3.41. The lowest BCUT2D eigenvalue weighted by atomic mass is 10.0. The van der Waals surface area contributed by atoms with Crippen molar-refractivity contribution >= 4 is 29.0 Å². The molecule has 1 aliphatic rings. The minimum absolute atomic E-state index is 0.707. The maximum absolute atomic E-state index is 4.87. The number of hydrogen-bond donors (Lipinski definition) is 1. The van der Waals surface area contributed by atoms with Gasteiger partial charge in [-0.1, -0.05) is 12.1 Å². The van der Waals surface area contributed by atoms with Gasteiger partial charge < -0.3 is 14.1 Å². The smallest absolute Gasteiger partial charge is 0.180 e. The number of hydrogen-bond acceptors (Lipinski definition) is 5. The Hall–Kier alpha value is -4.00. The second kappa shape index (κ2) is 5.75. The van der Waals surface area contributed by atoms with Crippen LogP contribution in [0, 0.1) is 0 Å². The molecule has 6 rings (SSSR count).